The molecule has 0 aliphatic rings. The van der Waals surface area contributed by atoms with E-state index in [0.717, 1.165) is 29.5 Å². The van der Waals surface area contributed by atoms with Crippen molar-refractivity contribution < 1.29 is 19.3 Å². The van der Waals surface area contributed by atoms with Crippen molar-refractivity contribution in [3.05, 3.63) is 120 Å². The van der Waals surface area contributed by atoms with Crippen molar-refractivity contribution in [2.45, 2.75) is 141 Å². The minimum absolute atomic E-state index is 0.159. The molecular weight excluding hydrogens is 580 g/mol. The predicted octanol–water partition coefficient (Wildman–Crippen LogP) is 11.2. The highest BCUT2D eigenvalue weighted by Gasteiger charge is 2.29. The molecule has 258 valence electrons. The van der Waals surface area contributed by atoms with Gasteiger partial charge in [-0.3, -0.25) is 0 Å². The zero-order valence-corrected chi connectivity index (χ0v) is 29.2. The van der Waals surface area contributed by atoms with E-state index in [1.165, 1.54) is 83.5 Å². The van der Waals surface area contributed by atoms with Crippen LogP contribution in [0.5, 0.6) is 0 Å². The highest BCUT2D eigenvalue weighted by atomic mass is 16.6. The van der Waals surface area contributed by atoms with Crippen LogP contribution in [0.25, 0.3) is 0 Å². The summed E-state index contributed by atoms with van der Waals surface area (Å²) in [5, 5.41) is 11.4. The van der Waals surface area contributed by atoms with Gasteiger partial charge in [-0.15, -0.1) is 0 Å². The molecule has 0 aromatic heterocycles. The Labute approximate surface area is 286 Å². The number of rotatable bonds is 28. The lowest BCUT2D eigenvalue weighted by molar-refractivity contribution is -0.133. The molecule has 4 nitrogen and oxygen atoms in total. The lowest BCUT2D eigenvalue weighted by Crippen LogP contribution is -2.42. The number of allylic oxidation sites excluding steroid dienone is 1. The molecule has 3 aromatic carbocycles. The second-order valence-electron chi connectivity index (χ2n) is 12.9. The SMILES string of the molecule is CCCCCCCCCCCCCCCC/C=C/[C@@H](OCc1ccccc1)[C@@H](OCc1ccccc1)[C@H](O)COCc1ccccc1. The van der Waals surface area contributed by atoms with Crippen molar-refractivity contribution in [1.29, 1.82) is 0 Å². The molecule has 0 radical (unpaired) electrons. The van der Waals surface area contributed by atoms with E-state index in [-0.39, 0.29) is 6.61 Å². The van der Waals surface area contributed by atoms with Crippen molar-refractivity contribution in [2.24, 2.45) is 0 Å². The molecule has 0 saturated carbocycles. The smallest absolute Gasteiger partial charge is 0.116 e. The molecule has 0 spiro atoms. The Balaban J connectivity index is 1.47. The maximum Gasteiger partial charge on any atom is 0.116 e. The fraction of sp³-hybridized carbons (Fsp3) is 0.535. The van der Waals surface area contributed by atoms with Crippen LogP contribution in [0.2, 0.25) is 0 Å². The van der Waals surface area contributed by atoms with Crippen molar-refractivity contribution >= 4 is 0 Å². The molecule has 0 bridgehead atoms. The third-order valence-electron chi connectivity index (χ3n) is 8.72. The average Bonchev–Trinajstić information content (AvgIpc) is 3.11. The van der Waals surface area contributed by atoms with Gasteiger partial charge < -0.3 is 19.3 Å². The molecule has 4 heteroatoms. The van der Waals surface area contributed by atoms with E-state index in [1.807, 2.05) is 78.9 Å². The number of aliphatic hydroxyl groups is 1. The lowest BCUT2D eigenvalue weighted by Gasteiger charge is -2.29. The maximum absolute atomic E-state index is 11.4. The van der Waals surface area contributed by atoms with Crippen LogP contribution in [-0.4, -0.2) is 30.0 Å². The Bertz CT molecular complexity index is 1130. The van der Waals surface area contributed by atoms with Crippen LogP contribution in [0.15, 0.2) is 103 Å². The number of benzene rings is 3. The van der Waals surface area contributed by atoms with Gasteiger partial charge in [0, 0.05) is 0 Å². The first-order valence-electron chi connectivity index (χ1n) is 18.5. The Morgan fingerprint density at radius 3 is 1.45 bits per heavy atom. The van der Waals surface area contributed by atoms with Gasteiger partial charge in [-0.2, -0.15) is 0 Å². The normalized spacial score (nSPS) is 13.6. The van der Waals surface area contributed by atoms with E-state index in [1.54, 1.807) is 0 Å². The quantitative estimate of drug-likeness (QED) is 0.0632. The first-order valence-corrected chi connectivity index (χ1v) is 18.5. The number of aliphatic hydroxyl groups excluding tert-OH is 1. The fourth-order valence-corrected chi connectivity index (χ4v) is 5.87. The molecule has 0 aliphatic heterocycles. The van der Waals surface area contributed by atoms with Crippen LogP contribution in [0.1, 0.15) is 120 Å². The highest BCUT2D eigenvalue weighted by molar-refractivity contribution is 5.15. The van der Waals surface area contributed by atoms with Gasteiger partial charge in [-0.25, -0.2) is 0 Å². The molecule has 0 fully saturated rings. The molecular formula is C43H62O4. The van der Waals surface area contributed by atoms with Crippen molar-refractivity contribution in [1.82, 2.24) is 0 Å². The molecule has 3 atom stereocenters. The van der Waals surface area contributed by atoms with Gasteiger partial charge in [0.15, 0.2) is 0 Å². The summed E-state index contributed by atoms with van der Waals surface area (Å²) in [4.78, 5) is 0. The van der Waals surface area contributed by atoms with Gasteiger partial charge in [0.05, 0.1) is 26.4 Å². The molecule has 3 aromatic rings. The minimum Gasteiger partial charge on any atom is -0.388 e. The molecule has 0 aliphatic carbocycles. The van der Waals surface area contributed by atoms with Crippen molar-refractivity contribution in [2.75, 3.05) is 6.61 Å². The monoisotopic (exact) mass is 642 g/mol. The van der Waals surface area contributed by atoms with Gasteiger partial charge in [-0.05, 0) is 29.5 Å². The largest absolute Gasteiger partial charge is 0.388 e. The van der Waals surface area contributed by atoms with E-state index < -0.39 is 18.3 Å². The topological polar surface area (TPSA) is 47.9 Å². The zero-order valence-electron chi connectivity index (χ0n) is 29.2. The van der Waals surface area contributed by atoms with E-state index in [4.69, 9.17) is 14.2 Å². The summed E-state index contributed by atoms with van der Waals surface area (Å²) >= 11 is 0. The van der Waals surface area contributed by atoms with E-state index in [0.29, 0.717) is 19.8 Å². The van der Waals surface area contributed by atoms with Crippen molar-refractivity contribution in [3.8, 4) is 0 Å². The molecule has 3 rings (SSSR count). The molecule has 0 heterocycles. The van der Waals surface area contributed by atoms with Crippen LogP contribution in [0.3, 0.4) is 0 Å². The maximum atomic E-state index is 11.4. The first kappa shape index (κ1) is 38.7. The van der Waals surface area contributed by atoms with E-state index >= 15 is 0 Å². The molecule has 47 heavy (non-hydrogen) atoms. The molecule has 1 N–H and O–H groups in total. The predicted molar refractivity (Wildman–Crippen MR) is 196 cm³/mol. The number of hydrogen-bond acceptors (Lipinski definition) is 4. The Kier molecular flexibility index (Phi) is 21.6. The summed E-state index contributed by atoms with van der Waals surface area (Å²) in [7, 11) is 0. The third kappa shape index (κ3) is 18.4. The summed E-state index contributed by atoms with van der Waals surface area (Å²) in [5.41, 5.74) is 3.23. The number of unbranched alkanes of at least 4 members (excludes halogenated alkanes) is 14. The standard InChI is InChI=1S/C43H62O4/c1-2-3-4-5-6-7-8-9-10-11-12-13-14-15-16-26-33-42(46-35-39-29-22-18-23-30-39)43(47-36-40-31-24-19-25-32-40)41(44)37-45-34-38-27-20-17-21-28-38/h17-33,41-44H,2-16,34-37H2,1H3/b33-26+/t41-,42-,43+/m1/s1. The van der Waals surface area contributed by atoms with Crippen LogP contribution in [0.4, 0.5) is 0 Å². The Hall–Kier alpha value is -2.76. The van der Waals surface area contributed by atoms with Gasteiger partial charge in [0.25, 0.3) is 0 Å². The highest BCUT2D eigenvalue weighted by Crippen LogP contribution is 2.19. The van der Waals surface area contributed by atoms with E-state index in [9.17, 15) is 5.11 Å². The summed E-state index contributed by atoms with van der Waals surface area (Å²) < 4.78 is 18.8. The Morgan fingerprint density at radius 2 is 0.957 bits per heavy atom. The second-order valence-corrected chi connectivity index (χ2v) is 12.9. The number of hydrogen-bond donors (Lipinski definition) is 1. The van der Waals surface area contributed by atoms with Crippen LogP contribution in [0, 0.1) is 0 Å². The average molecular weight is 643 g/mol. The summed E-state index contributed by atoms with van der Waals surface area (Å²) in [6, 6.07) is 30.3. The van der Waals surface area contributed by atoms with Crippen molar-refractivity contribution in [3.63, 3.8) is 0 Å². The fourth-order valence-electron chi connectivity index (χ4n) is 5.87. The lowest BCUT2D eigenvalue weighted by atomic mass is 10.0. The Morgan fingerprint density at radius 1 is 0.532 bits per heavy atom. The zero-order chi connectivity index (χ0) is 33.0. The van der Waals surface area contributed by atoms with Gasteiger partial charge in [0.2, 0.25) is 0 Å². The van der Waals surface area contributed by atoms with Crippen LogP contribution >= 0.6 is 0 Å². The van der Waals surface area contributed by atoms with Gasteiger partial charge >= 0.3 is 0 Å². The van der Waals surface area contributed by atoms with Gasteiger partial charge in [-0.1, -0.05) is 194 Å². The molecule has 0 saturated heterocycles. The second kappa shape index (κ2) is 26.2. The van der Waals surface area contributed by atoms with Crippen LogP contribution in [-0.2, 0) is 34.0 Å². The molecule has 0 amide bonds. The number of ether oxygens (including phenoxy) is 3. The minimum atomic E-state index is -0.853. The molecule has 0 unspecified atom stereocenters. The summed E-state index contributed by atoms with van der Waals surface area (Å²) in [5.74, 6) is 0. The van der Waals surface area contributed by atoms with Gasteiger partial charge in [0.1, 0.15) is 18.3 Å². The summed E-state index contributed by atoms with van der Waals surface area (Å²) in [6.45, 7) is 3.71. The third-order valence-corrected chi connectivity index (χ3v) is 8.72. The first-order chi connectivity index (χ1) is 23.3. The summed E-state index contributed by atoms with van der Waals surface area (Å²) in [6.07, 6.45) is 22.5. The van der Waals surface area contributed by atoms with Crippen LogP contribution < -0.4 is 0 Å². The van der Waals surface area contributed by atoms with E-state index in [2.05, 4.69) is 31.2 Å².